The molecule has 3 aromatic rings. The predicted molar refractivity (Wildman–Crippen MR) is 102 cm³/mol. The van der Waals surface area contributed by atoms with E-state index in [1.165, 1.54) is 0 Å². The van der Waals surface area contributed by atoms with Gasteiger partial charge >= 0.3 is 0 Å². The fourth-order valence-corrected chi connectivity index (χ4v) is 3.28. The van der Waals surface area contributed by atoms with Crippen LogP contribution in [0.5, 0.6) is 5.75 Å². The minimum absolute atomic E-state index is 0. The lowest BCUT2D eigenvalue weighted by Gasteiger charge is -2.20. The number of methoxy groups -OCH3 is 1. The first kappa shape index (κ1) is 19.0. The van der Waals surface area contributed by atoms with Crippen molar-refractivity contribution in [1.82, 2.24) is 20.8 Å². The summed E-state index contributed by atoms with van der Waals surface area (Å²) in [5.74, 6) is 1.06. The van der Waals surface area contributed by atoms with E-state index in [-0.39, 0.29) is 18.3 Å². The molecule has 8 heteroatoms. The Hall–Kier alpha value is -2.77. The summed E-state index contributed by atoms with van der Waals surface area (Å²) in [5, 5.41) is 13.5. The van der Waals surface area contributed by atoms with Gasteiger partial charge in [0, 0.05) is 36.3 Å². The summed E-state index contributed by atoms with van der Waals surface area (Å²) in [7, 11) is 1.61. The first-order chi connectivity index (χ1) is 12.8. The third-order valence-electron chi connectivity index (χ3n) is 4.57. The summed E-state index contributed by atoms with van der Waals surface area (Å²) in [6.07, 6.45) is 2.42. The van der Waals surface area contributed by atoms with Crippen molar-refractivity contribution in [2.75, 3.05) is 13.7 Å². The Morgan fingerprint density at radius 1 is 1.30 bits per heavy atom. The SMILES string of the molecule is COc1ccccc1C(NC(=O)c1n[nH]c2c1CNCC2)c1ccco1.Cl. The Kier molecular flexibility index (Phi) is 5.83. The number of carbonyl (C=O) groups excluding carboxylic acids is 1. The van der Waals surface area contributed by atoms with Crippen molar-refractivity contribution in [3.63, 3.8) is 0 Å². The van der Waals surface area contributed by atoms with E-state index in [2.05, 4.69) is 20.8 Å². The first-order valence-electron chi connectivity index (χ1n) is 8.52. The van der Waals surface area contributed by atoms with Crippen molar-refractivity contribution < 1.29 is 13.9 Å². The van der Waals surface area contributed by atoms with Crippen LogP contribution < -0.4 is 15.4 Å². The predicted octanol–water partition coefficient (Wildman–Crippen LogP) is 2.60. The third-order valence-corrected chi connectivity index (χ3v) is 4.57. The number of ether oxygens (including phenoxy) is 1. The molecule has 0 fully saturated rings. The summed E-state index contributed by atoms with van der Waals surface area (Å²) >= 11 is 0. The van der Waals surface area contributed by atoms with Crippen molar-refractivity contribution in [2.45, 2.75) is 19.0 Å². The lowest BCUT2D eigenvalue weighted by atomic mass is 10.0. The maximum absolute atomic E-state index is 13.0. The lowest BCUT2D eigenvalue weighted by Crippen LogP contribution is -2.32. The van der Waals surface area contributed by atoms with E-state index in [4.69, 9.17) is 9.15 Å². The second-order valence-electron chi connectivity index (χ2n) is 6.12. The first-order valence-corrected chi connectivity index (χ1v) is 8.52. The number of para-hydroxylation sites is 1. The van der Waals surface area contributed by atoms with Gasteiger partial charge in [0.1, 0.15) is 17.6 Å². The molecule has 142 valence electrons. The lowest BCUT2D eigenvalue weighted by molar-refractivity contribution is 0.0932. The molecule has 3 N–H and O–H groups in total. The van der Waals surface area contributed by atoms with Crippen molar-refractivity contribution in [1.29, 1.82) is 0 Å². The standard InChI is InChI=1S/C19H20N4O3.ClH/c1-25-15-6-3-2-5-12(15)17(16-7-4-10-26-16)21-19(24)18-13-11-20-9-8-14(13)22-23-18;/h2-7,10,17,20H,8-9,11H2,1H3,(H,21,24)(H,22,23);1H. The van der Waals surface area contributed by atoms with Gasteiger partial charge in [-0.2, -0.15) is 5.10 Å². The summed E-state index contributed by atoms with van der Waals surface area (Å²) < 4.78 is 11.0. The molecule has 0 spiro atoms. The highest BCUT2D eigenvalue weighted by Crippen LogP contribution is 2.30. The highest BCUT2D eigenvalue weighted by molar-refractivity contribution is 5.94. The number of nitrogens with zero attached hydrogens (tertiary/aromatic N) is 1. The number of hydrogen-bond donors (Lipinski definition) is 3. The minimum atomic E-state index is -0.474. The van der Waals surface area contributed by atoms with Crippen molar-refractivity contribution in [3.05, 3.63) is 70.9 Å². The van der Waals surface area contributed by atoms with E-state index in [1.807, 2.05) is 30.3 Å². The zero-order chi connectivity index (χ0) is 17.9. The van der Waals surface area contributed by atoms with Gasteiger partial charge in [-0.05, 0) is 18.2 Å². The molecule has 2 aromatic heterocycles. The molecule has 0 aliphatic carbocycles. The number of furan rings is 1. The topological polar surface area (TPSA) is 92.2 Å². The number of benzene rings is 1. The van der Waals surface area contributed by atoms with Crippen LogP contribution in [0.4, 0.5) is 0 Å². The molecule has 0 saturated carbocycles. The van der Waals surface area contributed by atoms with Crippen LogP contribution in [0, 0.1) is 0 Å². The van der Waals surface area contributed by atoms with Gasteiger partial charge in [-0.1, -0.05) is 18.2 Å². The van der Waals surface area contributed by atoms with E-state index < -0.39 is 6.04 Å². The minimum Gasteiger partial charge on any atom is -0.496 e. The number of aromatic nitrogens is 2. The number of H-pyrrole nitrogens is 1. The maximum Gasteiger partial charge on any atom is 0.272 e. The van der Waals surface area contributed by atoms with Gasteiger partial charge in [0.05, 0.1) is 13.4 Å². The van der Waals surface area contributed by atoms with Crippen LogP contribution >= 0.6 is 12.4 Å². The zero-order valence-electron chi connectivity index (χ0n) is 14.8. The largest absolute Gasteiger partial charge is 0.496 e. The van der Waals surface area contributed by atoms with Crippen LogP contribution in [0.25, 0.3) is 0 Å². The van der Waals surface area contributed by atoms with Gasteiger partial charge in [-0.3, -0.25) is 9.89 Å². The summed E-state index contributed by atoms with van der Waals surface area (Å²) in [4.78, 5) is 13.0. The number of carbonyl (C=O) groups is 1. The normalized spacial score (nSPS) is 14.0. The Bertz CT molecular complexity index is 908. The average molecular weight is 389 g/mol. The van der Waals surface area contributed by atoms with Crippen LogP contribution in [0.15, 0.2) is 47.1 Å². The number of rotatable bonds is 5. The second-order valence-corrected chi connectivity index (χ2v) is 6.12. The number of amides is 1. The Morgan fingerprint density at radius 3 is 2.93 bits per heavy atom. The molecular weight excluding hydrogens is 368 g/mol. The fourth-order valence-electron chi connectivity index (χ4n) is 3.28. The van der Waals surface area contributed by atoms with Crippen molar-refractivity contribution >= 4 is 18.3 Å². The molecule has 0 radical (unpaired) electrons. The van der Waals surface area contributed by atoms with E-state index in [1.54, 1.807) is 19.4 Å². The number of fused-ring (bicyclic) bond motifs is 1. The van der Waals surface area contributed by atoms with Gasteiger partial charge in [0.2, 0.25) is 0 Å². The Morgan fingerprint density at radius 2 is 2.15 bits per heavy atom. The second kappa shape index (κ2) is 8.28. The molecule has 27 heavy (non-hydrogen) atoms. The summed E-state index contributed by atoms with van der Waals surface area (Å²) in [6.45, 7) is 1.52. The van der Waals surface area contributed by atoms with Crippen molar-refractivity contribution in [2.24, 2.45) is 0 Å². The van der Waals surface area contributed by atoms with Crippen LogP contribution in [-0.2, 0) is 13.0 Å². The smallest absolute Gasteiger partial charge is 0.272 e. The molecule has 0 bridgehead atoms. The molecule has 1 aromatic carbocycles. The summed E-state index contributed by atoms with van der Waals surface area (Å²) in [5.41, 5.74) is 3.17. The Balaban J connectivity index is 0.00000210. The number of aromatic amines is 1. The van der Waals surface area contributed by atoms with Gasteiger partial charge in [-0.15, -0.1) is 12.4 Å². The van der Waals surface area contributed by atoms with E-state index in [9.17, 15) is 4.79 Å². The Labute approximate surface area is 162 Å². The van der Waals surface area contributed by atoms with Gasteiger partial charge in [0.25, 0.3) is 5.91 Å². The van der Waals surface area contributed by atoms with Crippen LogP contribution in [0.2, 0.25) is 0 Å². The van der Waals surface area contributed by atoms with Crippen molar-refractivity contribution in [3.8, 4) is 5.75 Å². The van der Waals surface area contributed by atoms with Crippen LogP contribution in [0.1, 0.15) is 39.1 Å². The van der Waals surface area contributed by atoms with E-state index in [0.29, 0.717) is 23.7 Å². The number of hydrogen-bond acceptors (Lipinski definition) is 5. The molecule has 0 saturated heterocycles. The molecule has 1 amide bonds. The molecule has 3 heterocycles. The van der Waals surface area contributed by atoms with Crippen LogP contribution in [0.3, 0.4) is 0 Å². The van der Waals surface area contributed by atoms with Crippen LogP contribution in [-0.4, -0.2) is 29.8 Å². The van der Waals surface area contributed by atoms with E-state index >= 15 is 0 Å². The highest BCUT2D eigenvalue weighted by Gasteiger charge is 2.27. The number of halogens is 1. The monoisotopic (exact) mass is 388 g/mol. The van der Waals surface area contributed by atoms with Gasteiger partial charge < -0.3 is 19.8 Å². The molecule has 1 atom stereocenters. The number of nitrogens with one attached hydrogen (secondary N) is 3. The molecular formula is C19H21ClN4O3. The summed E-state index contributed by atoms with van der Waals surface area (Å²) in [6, 6.07) is 10.7. The highest BCUT2D eigenvalue weighted by atomic mass is 35.5. The fraction of sp³-hybridized carbons (Fsp3) is 0.263. The molecule has 1 unspecified atom stereocenters. The molecule has 1 aliphatic rings. The molecule has 7 nitrogen and oxygen atoms in total. The zero-order valence-corrected chi connectivity index (χ0v) is 15.6. The average Bonchev–Trinajstić information content (AvgIpc) is 3.36. The van der Waals surface area contributed by atoms with Gasteiger partial charge in [0.15, 0.2) is 5.69 Å². The third kappa shape index (κ3) is 3.70. The maximum atomic E-state index is 13.0. The molecule has 4 rings (SSSR count). The van der Waals surface area contributed by atoms with E-state index in [0.717, 1.165) is 29.8 Å². The quantitative estimate of drug-likeness (QED) is 0.624. The molecule has 1 aliphatic heterocycles. The van der Waals surface area contributed by atoms with Gasteiger partial charge in [-0.25, -0.2) is 0 Å².